The summed E-state index contributed by atoms with van der Waals surface area (Å²) >= 11 is 0. The molecule has 0 aliphatic rings. The van der Waals surface area contributed by atoms with Gasteiger partial charge in [-0.15, -0.1) is 0 Å². The molecule has 0 unspecified atom stereocenters. The van der Waals surface area contributed by atoms with Crippen LogP contribution in [0, 0.1) is 5.92 Å². The Morgan fingerprint density at radius 3 is 1.67 bits per heavy atom. The van der Waals surface area contributed by atoms with E-state index in [4.69, 9.17) is 0 Å². The molecule has 0 N–H and O–H groups in total. The first-order valence-electron chi connectivity index (χ1n) is 6.93. The van der Waals surface area contributed by atoms with Crippen molar-refractivity contribution < 1.29 is 0 Å². The third-order valence-corrected chi connectivity index (χ3v) is 2.91. The van der Waals surface area contributed by atoms with Crippen molar-refractivity contribution >= 4 is 0 Å². The van der Waals surface area contributed by atoms with Crippen LogP contribution in [0.25, 0.3) is 0 Å². The largest absolute Gasteiger partial charge is 0.303 e. The standard InChI is InChI=1S/C14H31N/c1-5-7-11-15(12-8-6-2)13-9-10-14(3)4/h14H,5-13H2,1-4H3. The fourth-order valence-electron chi connectivity index (χ4n) is 1.82. The zero-order valence-corrected chi connectivity index (χ0v) is 11.4. The molecule has 0 radical (unpaired) electrons. The molecule has 0 atom stereocenters. The van der Waals surface area contributed by atoms with E-state index in [-0.39, 0.29) is 0 Å². The predicted octanol–water partition coefficient (Wildman–Crippen LogP) is 4.32. The Morgan fingerprint density at radius 2 is 1.27 bits per heavy atom. The highest BCUT2D eigenvalue weighted by molar-refractivity contribution is 4.59. The van der Waals surface area contributed by atoms with E-state index >= 15 is 0 Å². The van der Waals surface area contributed by atoms with Gasteiger partial charge >= 0.3 is 0 Å². The molecule has 1 nitrogen and oxygen atoms in total. The first kappa shape index (κ1) is 15.0. The third kappa shape index (κ3) is 10.2. The van der Waals surface area contributed by atoms with E-state index in [9.17, 15) is 0 Å². The van der Waals surface area contributed by atoms with Crippen LogP contribution in [0.15, 0.2) is 0 Å². The van der Waals surface area contributed by atoms with Crippen LogP contribution in [0.4, 0.5) is 0 Å². The van der Waals surface area contributed by atoms with Gasteiger partial charge in [0.2, 0.25) is 0 Å². The number of hydrogen-bond donors (Lipinski definition) is 0. The van der Waals surface area contributed by atoms with Crippen LogP contribution in [0.5, 0.6) is 0 Å². The molecular weight excluding hydrogens is 182 g/mol. The summed E-state index contributed by atoms with van der Waals surface area (Å²) in [5, 5.41) is 0. The van der Waals surface area contributed by atoms with Crippen LogP contribution in [0.2, 0.25) is 0 Å². The zero-order chi connectivity index (χ0) is 11.5. The molecule has 0 aromatic heterocycles. The molecule has 0 spiro atoms. The molecule has 1 heteroatoms. The Labute approximate surface area is 97.2 Å². The second-order valence-corrected chi connectivity index (χ2v) is 5.08. The van der Waals surface area contributed by atoms with Crippen LogP contribution in [-0.2, 0) is 0 Å². The fourth-order valence-corrected chi connectivity index (χ4v) is 1.82. The Balaban J connectivity index is 3.58. The maximum Gasteiger partial charge on any atom is -0.00186 e. The summed E-state index contributed by atoms with van der Waals surface area (Å²) in [5.41, 5.74) is 0. The molecular formula is C14H31N. The van der Waals surface area contributed by atoms with Crippen molar-refractivity contribution in [1.29, 1.82) is 0 Å². The van der Waals surface area contributed by atoms with Crippen molar-refractivity contribution in [2.45, 2.75) is 66.2 Å². The minimum absolute atomic E-state index is 0.865. The molecule has 0 aliphatic carbocycles. The van der Waals surface area contributed by atoms with Crippen LogP contribution in [0.1, 0.15) is 66.2 Å². The molecule has 0 rings (SSSR count). The van der Waals surface area contributed by atoms with Gasteiger partial charge in [0.05, 0.1) is 0 Å². The Bertz CT molecular complexity index is 113. The average Bonchev–Trinajstić information content (AvgIpc) is 2.20. The van der Waals surface area contributed by atoms with E-state index in [2.05, 4.69) is 32.6 Å². The monoisotopic (exact) mass is 213 g/mol. The Morgan fingerprint density at radius 1 is 0.800 bits per heavy atom. The SMILES string of the molecule is CCCCN(CCCC)CCCC(C)C. The molecule has 0 bridgehead atoms. The second-order valence-electron chi connectivity index (χ2n) is 5.08. The van der Waals surface area contributed by atoms with Crippen LogP contribution >= 0.6 is 0 Å². The molecule has 0 amide bonds. The third-order valence-electron chi connectivity index (χ3n) is 2.91. The first-order chi connectivity index (χ1) is 7.20. The second kappa shape index (κ2) is 10.5. The maximum absolute atomic E-state index is 2.66. The lowest BCUT2D eigenvalue weighted by Crippen LogP contribution is -2.27. The van der Waals surface area contributed by atoms with E-state index < -0.39 is 0 Å². The quantitative estimate of drug-likeness (QED) is 0.522. The van der Waals surface area contributed by atoms with E-state index in [1.165, 1.54) is 58.2 Å². The molecule has 0 fully saturated rings. The zero-order valence-electron chi connectivity index (χ0n) is 11.4. The molecule has 0 heterocycles. The molecule has 0 saturated heterocycles. The van der Waals surface area contributed by atoms with E-state index in [1.54, 1.807) is 0 Å². The number of nitrogens with zero attached hydrogens (tertiary/aromatic N) is 1. The number of hydrogen-bond acceptors (Lipinski definition) is 1. The highest BCUT2D eigenvalue weighted by Gasteiger charge is 2.03. The van der Waals surface area contributed by atoms with Crippen molar-refractivity contribution in [2.75, 3.05) is 19.6 Å². The van der Waals surface area contributed by atoms with Gasteiger partial charge in [-0.25, -0.2) is 0 Å². The van der Waals surface area contributed by atoms with Gasteiger partial charge in [-0.2, -0.15) is 0 Å². The summed E-state index contributed by atoms with van der Waals surface area (Å²) < 4.78 is 0. The van der Waals surface area contributed by atoms with Gasteiger partial charge in [-0.05, 0) is 51.2 Å². The Kier molecular flexibility index (Phi) is 10.4. The van der Waals surface area contributed by atoms with Crippen molar-refractivity contribution in [3.8, 4) is 0 Å². The van der Waals surface area contributed by atoms with Crippen molar-refractivity contribution in [3.63, 3.8) is 0 Å². The highest BCUT2D eigenvalue weighted by Crippen LogP contribution is 2.06. The molecule has 92 valence electrons. The van der Waals surface area contributed by atoms with Gasteiger partial charge in [0.1, 0.15) is 0 Å². The molecule has 0 aliphatic heterocycles. The lowest BCUT2D eigenvalue weighted by molar-refractivity contribution is 0.255. The first-order valence-corrected chi connectivity index (χ1v) is 6.93. The summed E-state index contributed by atoms with van der Waals surface area (Å²) in [4.78, 5) is 2.66. The van der Waals surface area contributed by atoms with Crippen molar-refractivity contribution in [1.82, 2.24) is 4.90 Å². The van der Waals surface area contributed by atoms with Crippen LogP contribution < -0.4 is 0 Å². The summed E-state index contributed by atoms with van der Waals surface area (Å²) in [6.07, 6.45) is 8.15. The van der Waals surface area contributed by atoms with E-state index in [0.29, 0.717) is 0 Å². The fraction of sp³-hybridized carbons (Fsp3) is 1.00. The Hall–Kier alpha value is -0.0400. The molecule has 0 aromatic rings. The summed E-state index contributed by atoms with van der Waals surface area (Å²) in [7, 11) is 0. The van der Waals surface area contributed by atoms with Crippen molar-refractivity contribution in [2.24, 2.45) is 5.92 Å². The molecule has 15 heavy (non-hydrogen) atoms. The van der Waals surface area contributed by atoms with Gasteiger partial charge in [0.15, 0.2) is 0 Å². The van der Waals surface area contributed by atoms with Gasteiger partial charge < -0.3 is 4.90 Å². The average molecular weight is 213 g/mol. The summed E-state index contributed by atoms with van der Waals surface area (Å²) in [6.45, 7) is 13.2. The minimum atomic E-state index is 0.865. The summed E-state index contributed by atoms with van der Waals surface area (Å²) in [5.74, 6) is 0.865. The number of rotatable bonds is 10. The van der Waals surface area contributed by atoms with Gasteiger partial charge in [-0.1, -0.05) is 40.5 Å². The normalized spacial score (nSPS) is 11.6. The van der Waals surface area contributed by atoms with Crippen LogP contribution in [-0.4, -0.2) is 24.5 Å². The molecule has 0 aromatic carbocycles. The predicted molar refractivity (Wildman–Crippen MR) is 70.3 cm³/mol. The molecule has 0 saturated carbocycles. The van der Waals surface area contributed by atoms with Crippen LogP contribution in [0.3, 0.4) is 0 Å². The lowest BCUT2D eigenvalue weighted by atomic mass is 10.1. The summed E-state index contributed by atoms with van der Waals surface area (Å²) in [6, 6.07) is 0. The minimum Gasteiger partial charge on any atom is -0.303 e. The van der Waals surface area contributed by atoms with E-state index in [0.717, 1.165) is 5.92 Å². The number of unbranched alkanes of at least 4 members (excludes halogenated alkanes) is 2. The maximum atomic E-state index is 2.66. The van der Waals surface area contributed by atoms with Crippen molar-refractivity contribution in [3.05, 3.63) is 0 Å². The highest BCUT2D eigenvalue weighted by atomic mass is 15.1. The van der Waals surface area contributed by atoms with Gasteiger partial charge in [0.25, 0.3) is 0 Å². The van der Waals surface area contributed by atoms with E-state index in [1.807, 2.05) is 0 Å². The lowest BCUT2D eigenvalue weighted by Gasteiger charge is -2.22. The topological polar surface area (TPSA) is 3.24 Å². The van der Waals surface area contributed by atoms with Gasteiger partial charge in [-0.3, -0.25) is 0 Å². The van der Waals surface area contributed by atoms with Gasteiger partial charge in [0, 0.05) is 0 Å². The smallest absolute Gasteiger partial charge is 0.00186 e.